The number of aromatic nitrogens is 2. The molecule has 1 aromatic heterocycles. The minimum Gasteiger partial charge on any atom is -0.481 e. The van der Waals surface area contributed by atoms with Crippen LogP contribution in [0, 0.1) is 0 Å². The molecule has 6 nitrogen and oxygen atoms in total. The summed E-state index contributed by atoms with van der Waals surface area (Å²) < 4.78 is 5.08. The number of anilines is 1. The Morgan fingerprint density at radius 1 is 1.39 bits per heavy atom. The Hall–Kier alpha value is -1.40. The number of hydrogen-bond acceptors (Lipinski definition) is 6. The fourth-order valence-electron chi connectivity index (χ4n) is 2.09. The molecule has 0 bridgehead atoms. The van der Waals surface area contributed by atoms with Gasteiger partial charge in [0.1, 0.15) is 12.1 Å². The van der Waals surface area contributed by atoms with Gasteiger partial charge < -0.3 is 15.0 Å². The number of rotatable bonds is 4. The Balaban J connectivity index is 1.89. The number of nitrogens with zero attached hydrogens (tertiary/aromatic N) is 4. The van der Waals surface area contributed by atoms with E-state index in [1.165, 1.54) is 6.33 Å². The number of methoxy groups -OCH3 is 1. The summed E-state index contributed by atoms with van der Waals surface area (Å²) in [5.41, 5.74) is 0. The number of hydrogen-bond donors (Lipinski definition) is 1. The second-order valence-corrected chi connectivity index (χ2v) is 4.72. The quantitative estimate of drug-likeness (QED) is 0.822. The maximum atomic E-state index is 5.08. The molecule has 6 heteroatoms. The molecule has 2 rings (SSSR count). The second kappa shape index (κ2) is 5.97. The average molecular weight is 251 g/mol. The monoisotopic (exact) mass is 251 g/mol. The van der Waals surface area contributed by atoms with E-state index in [4.69, 9.17) is 4.74 Å². The molecule has 0 amide bonds. The first-order valence-corrected chi connectivity index (χ1v) is 6.17. The minimum absolute atomic E-state index is 0.504. The van der Waals surface area contributed by atoms with Crippen LogP contribution in [0.25, 0.3) is 0 Å². The molecular weight excluding hydrogens is 230 g/mol. The van der Waals surface area contributed by atoms with Crippen molar-refractivity contribution in [1.82, 2.24) is 19.8 Å². The van der Waals surface area contributed by atoms with Crippen molar-refractivity contribution >= 4 is 5.82 Å². The third-order valence-electron chi connectivity index (χ3n) is 3.35. The summed E-state index contributed by atoms with van der Waals surface area (Å²) in [6.07, 6.45) is 1.51. The van der Waals surface area contributed by atoms with Gasteiger partial charge in [0.2, 0.25) is 5.88 Å². The first kappa shape index (κ1) is 13.0. The zero-order valence-electron chi connectivity index (χ0n) is 11.3. The maximum absolute atomic E-state index is 5.08. The topological polar surface area (TPSA) is 53.5 Å². The van der Waals surface area contributed by atoms with E-state index in [1.54, 1.807) is 7.11 Å². The van der Waals surface area contributed by atoms with E-state index in [0.717, 1.165) is 32.0 Å². The van der Waals surface area contributed by atoms with Gasteiger partial charge in [-0.25, -0.2) is 9.97 Å². The molecule has 0 aliphatic carbocycles. The third-order valence-corrected chi connectivity index (χ3v) is 3.35. The number of nitrogens with one attached hydrogen (secondary N) is 1. The number of ether oxygens (including phenoxy) is 1. The molecule has 0 radical (unpaired) electrons. The van der Waals surface area contributed by atoms with Gasteiger partial charge in [0, 0.05) is 38.3 Å². The Morgan fingerprint density at radius 3 is 3.00 bits per heavy atom. The highest BCUT2D eigenvalue weighted by atomic mass is 16.5. The highest BCUT2D eigenvalue weighted by Gasteiger charge is 2.21. The minimum atomic E-state index is 0.504. The van der Waals surface area contributed by atoms with Crippen LogP contribution in [0.2, 0.25) is 0 Å². The summed E-state index contributed by atoms with van der Waals surface area (Å²) >= 11 is 0. The van der Waals surface area contributed by atoms with Crippen molar-refractivity contribution in [1.29, 1.82) is 0 Å². The fraction of sp³-hybridized carbons (Fsp3) is 0.667. The van der Waals surface area contributed by atoms with Crippen molar-refractivity contribution in [3.05, 3.63) is 12.4 Å². The van der Waals surface area contributed by atoms with Gasteiger partial charge >= 0.3 is 0 Å². The number of piperazine rings is 1. The standard InChI is InChI=1S/C12H21N5O/c1-16-4-5-17(2)10(8-16)7-13-11-6-12(18-3)15-9-14-11/h6,9-10H,4-5,7-8H2,1-3H3,(H,13,14,15). The molecule has 1 aliphatic heterocycles. The molecule has 0 saturated carbocycles. The Bertz CT molecular complexity index is 386. The van der Waals surface area contributed by atoms with E-state index in [2.05, 4.69) is 39.2 Å². The zero-order valence-corrected chi connectivity index (χ0v) is 11.3. The lowest BCUT2D eigenvalue weighted by molar-refractivity contribution is 0.122. The Morgan fingerprint density at radius 2 is 2.22 bits per heavy atom. The molecule has 1 saturated heterocycles. The van der Waals surface area contributed by atoms with Gasteiger partial charge in [0.15, 0.2) is 0 Å². The molecule has 2 heterocycles. The largest absolute Gasteiger partial charge is 0.481 e. The molecule has 1 fully saturated rings. The first-order chi connectivity index (χ1) is 8.69. The summed E-state index contributed by atoms with van der Waals surface area (Å²) in [7, 11) is 5.93. The lowest BCUT2D eigenvalue weighted by atomic mass is 10.2. The van der Waals surface area contributed by atoms with Gasteiger partial charge in [-0.15, -0.1) is 0 Å². The zero-order chi connectivity index (χ0) is 13.0. The fourth-order valence-corrected chi connectivity index (χ4v) is 2.09. The van der Waals surface area contributed by atoms with Gasteiger partial charge in [-0.2, -0.15) is 0 Å². The van der Waals surface area contributed by atoms with E-state index in [9.17, 15) is 0 Å². The molecule has 100 valence electrons. The van der Waals surface area contributed by atoms with Crippen LogP contribution in [0.15, 0.2) is 12.4 Å². The highest BCUT2D eigenvalue weighted by Crippen LogP contribution is 2.11. The van der Waals surface area contributed by atoms with Crippen LogP contribution >= 0.6 is 0 Å². The van der Waals surface area contributed by atoms with Crippen molar-refractivity contribution in [2.45, 2.75) is 6.04 Å². The lowest BCUT2D eigenvalue weighted by Crippen LogP contribution is -2.52. The average Bonchev–Trinajstić information content (AvgIpc) is 2.40. The molecule has 1 unspecified atom stereocenters. The van der Waals surface area contributed by atoms with E-state index in [-0.39, 0.29) is 0 Å². The molecule has 1 aliphatic rings. The van der Waals surface area contributed by atoms with E-state index >= 15 is 0 Å². The van der Waals surface area contributed by atoms with Crippen molar-refractivity contribution in [2.75, 3.05) is 52.7 Å². The van der Waals surface area contributed by atoms with E-state index < -0.39 is 0 Å². The molecule has 0 spiro atoms. The lowest BCUT2D eigenvalue weighted by Gasteiger charge is -2.37. The molecule has 1 aromatic rings. The van der Waals surface area contributed by atoms with Crippen molar-refractivity contribution < 1.29 is 4.74 Å². The number of likely N-dealkylation sites (N-methyl/N-ethyl adjacent to an activating group) is 2. The predicted octanol–water partition coefficient (Wildman–Crippen LogP) is 0.143. The molecule has 1 N–H and O–H groups in total. The molecule has 18 heavy (non-hydrogen) atoms. The first-order valence-electron chi connectivity index (χ1n) is 6.17. The smallest absolute Gasteiger partial charge is 0.218 e. The highest BCUT2D eigenvalue weighted by molar-refractivity contribution is 5.37. The Labute approximate surface area is 108 Å². The molecular formula is C12H21N5O. The van der Waals surface area contributed by atoms with Gasteiger partial charge in [0.25, 0.3) is 0 Å². The van der Waals surface area contributed by atoms with Crippen molar-refractivity contribution in [2.24, 2.45) is 0 Å². The summed E-state index contributed by atoms with van der Waals surface area (Å²) in [5.74, 6) is 1.39. The maximum Gasteiger partial charge on any atom is 0.218 e. The summed E-state index contributed by atoms with van der Waals surface area (Å²) in [4.78, 5) is 12.9. The van der Waals surface area contributed by atoms with Crippen molar-refractivity contribution in [3.8, 4) is 5.88 Å². The second-order valence-electron chi connectivity index (χ2n) is 4.72. The van der Waals surface area contributed by atoms with Gasteiger partial charge in [-0.05, 0) is 14.1 Å². The van der Waals surface area contributed by atoms with Gasteiger partial charge in [-0.3, -0.25) is 4.90 Å². The van der Waals surface area contributed by atoms with Crippen LogP contribution in [-0.2, 0) is 0 Å². The normalized spacial score (nSPS) is 21.8. The van der Waals surface area contributed by atoms with E-state index in [0.29, 0.717) is 11.9 Å². The summed E-state index contributed by atoms with van der Waals surface area (Å²) in [5, 5.41) is 3.34. The molecule has 0 aromatic carbocycles. The van der Waals surface area contributed by atoms with Crippen LogP contribution in [0.3, 0.4) is 0 Å². The van der Waals surface area contributed by atoms with Crippen LogP contribution in [0.4, 0.5) is 5.82 Å². The van der Waals surface area contributed by atoms with Crippen LogP contribution in [0.1, 0.15) is 0 Å². The van der Waals surface area contributed by atoms with Crippen LogP contribution in [0.5, 0.6) is 5.88 Å². The summed E-state index contributed by atoms with van der Waals surface area (Å²) in [6, 6.07) is 2.32. The SMILES string of the molecule is COc1cc(NCC2CN(C)CCN2C)ncn1. The molecule has 1 atom stereocenters. The van der Waals surface area contributed by atoms with Gasteiger partial charge in [-0.1, -0.05) is 0 Å². The van der Waals surface area contributed by atoms with E-state index in [1.807, 2.05) is 6.07 Å². The van der Waals surface area contributed by atoms with Crippen LogP contribution < -0.4 is 10.1 Å². The van der Waals surface area contributed by atoms with Gasteiger partial charge in [0.05, 0.1) is 7.11 Å². The van der Waals surface area contributed by atoms with Crippen molar-refractivity contribution in [3.63, 3.8) is 0 Å². The van der Waals surface area contributed by atoms with Crippen LogP contribution in [-0.4, -0.2) is 73.2 Å². The predicted molar refractivity (Wildman–Crippen MR) is 71.0 cm³/mol. The third kappa shape index (κ3) is 3.30. The summed E-state index contributed by atoms with van der Waals surface area (Å²) in [6.45, 7) is 4.19. The Kier molecular flexibility index (Phi) is 4.33.